The molecule has 3 atom stereocenters. The van der Waals surface area contributed by atoms with E-state index in [-0.39, 0.29) is 6.61 Å². The predicted molar refractivity (Wildman–Crippen MR) is 85.6 cm³/mol. The van der Waals surface area contributed by atoms with E-state index in [9.17, 15) is 5.11 Å². The van der Waals surface area contributed by atoms with Crippen molar-refractivity contribution in [3.63, 3.8) is 0 Å². The quantitative estimate of drug-likeness (QED) is 0.766. The summed E-state index contributed by atoms with van der Waals surface area (Å²) in [5.41, 5.74) is 1.34. The van der Waals surface area contributed by atoms with Crippen LogP contribution < -0.4 is 5.32 Å². The molecule has 1 aromatic carbocycles. The van der Waals surface area contributed by atoms with Crippen LogP contribution in [0.2, 0.25) is 0 Å². The summed E-state index contributed by atoms with van der Waals surface area (Å²) in [5.74, 6) is 1.96. The number of nitrogens with one attached hydrogen (secondary N) is 1. The summed E-state index contributed by atoms with van der Waals surface area (Å²) in [5, 5.41) is 13.1. The molecule has 1 rings (SSSR count). The highest BCUT2D eigenvalue weighted by molar-refractivity contribution is 7.99. The van der Waals surface area contributed by atoms with Crippen LogP contribution in [0.3, 0.4) is 0 Å². The van der Waals surface area contributed by atoms with Gasteiger partial charge in [-0.05, 0) is 30.2 Å². The van der Waals surface area contributed by atoms with Crippen molar-refractivity contribution in [1.82, 2.24) is 5.32 Å². The second-order valence-electron chi connectivity index (χ2n) is 5.51. The normalized spacial score (nSPS) is 16.3. The van der Waals surface area contributed by atoms with E-state index >= 15 is 0 Å². The van der Waals surface area contributed by atoms with Crippen LogP contribution in [-0.2, 0) is 0 Å². The molecule has 1 aromatic rings. The van der Waals surface area contributed by atoms with Crippen molar-refractivity contribution in [3.05, 3.63) is 35.9 Å². The van der Waals surface area contributed by atoms with Gasteiger partial charge in [-0.1, -0.05) is 51.1 Å². The molecule has 2 nitrogen and oxygen atoms in total. The highest BCUT2D eigenvalue weighted by Crippen LogP contribution is 2.33. The molecule has 0 amide bonds. The Bertz CT molecular complexity index is 342. The maximum Gasteiger partial charge on any atom is 0.0464 e. The maximum atomic E-state index is 9.17. The molecule has 2 N–H and O–H groups in total. The molecule has 0 heterocycles. The fourth-order valence-electron chi connectivity index (χ4n) is 2.18. The first-order valence-electron chi connectivity index (χ1n) is 7.04. The molecule has 0 fully saturated rings. The van der Waals surface area contributed by atoms with Gasteiger partial charge < -0.3 is 10.4 Å². The van der Waals surface area contributed by atoms with Crippen molar-refractivity contribution in [2.24, 2.45) is 11.8 Å². The summed E-state index contributed by atoms with van der Waals surface area (Å²) in [6.07, 6.45) is 0. The molecular weight excluding hydrogens is 254 g/mol. The first-order chi connectivity index (χ1) is 9.10. The van der Waals surface area contributed by atoms with Crippen LogP contribution in [0.15, 0.2) is 30.3 Å². The molecule has 0 aliphatic heterocycles. The molecule has 0 aromatic heterocycles. The third-order valence-electron chi connectivity index (χ3n) is 3.34. The van der Waals surface area contributed by atoms with E-state index in [0.29, 0.717) is 23.1 Å². The molecule has 0 saturated heterocycles. The number of hydrogen-bond donors (Lipinski definition) is 2. The highest BCUT2D eigenvalue weighted by Gasteiger charge is 2.25. The summed E-state index contributed by atoms with van der Waals surface area (Å²) < 4.78 is 0. The van der Waals surface area contributed by atoms with Crippen molar-refractivity contribution in [1.29, 1.82) is 0 Å². The van der Waals surface area contributed by atoms with E-state index in [4.69, 9.17) is 0 Å². The van der Waals surface area contributed by atoms with Crippen molar-refractivity contribution in [3.8, 4) is 0 Å². The van der Waals surface area contributed by atoms with Crippen molar-refractivity contribution < 1.29 is 5.11 Å². The lowest BCUT2D eigenvalue weighted by Crippen LogP contribution is -2.31. The van der Waals surface area contributed by atoms with Crippen LogP contribution >= 0.6 is 11.8 Å². The van der Waals surface area contributed by atoms with Gasteiger partial charge in [-0.15, -0.1) is 0 Å². The van der Waals surface area contributed by atoms with E-state index in [1.54, 1.807) is 0 Å². The molecule has 3 heteroatoms. The SMILES string of the molecule is CNC(c1ccccc1)C(SCC(C)CO)C(C)C. The molecule has 0 aliphatic rings. The minimum absolute atomic E-state index is 0.271. The largest absolute Gasteiger partial charge is 0.396 e. The van der Waals surface area contributed by atoms with Crippen molar-refractivity contribution in [2.45, 2.75) is 32.1 Å². The average molecular weight is 281 g/mol. The van der Waals surface area contributed by atoms with Crippen LogP contribution in [-0.4, -0.2) is 29.8 Å². The lowest BCUT2D eigenvalue weighted by atomic mass is 9.96. The Morgan fingerprint density at radius 3 is 2.26 bits per heavy atom. The van der Waals surface area contributed by atoms with E-state index in [1.165, 1.54) is 5.56 Å². The zero-order valence-electron chi connectivity index (χ0n) is 12.5. The van der Waals surface area contributed by atoms with E-state index < -0.39 is 0 Å². The molecule has 3 unspecified atom stereocenters. The molecule has 108 valence electrons. The maximum absolute atomic E-state index is 9.17. The molecular formula is C16H27NOS. The lowest BCUT2D eigenvalue weighted by Gasteiger charge is -2.30. The van der Waals surface area contributed by atoms with Gasteiger partial charge in [0.25, 0.3) is 0 Å². The summed E-state index contributed by atoms with van der Waals surface area (Å²) in [6, 6.07) is 11.0. The van der Waals surface area contributed by atoms with Crippen LogP contribution in [0.1, 0.15) is 32.4 Å². The molecule has 0 radical (unpaired) electrons. The van der Waals surface area contributed by atoms with Crippen LogP contribution in [0.25, 0.3) is 0 Å². The van der Waals surface area contributed by atoms with Gasteiger partial charge in [-0.2, -0.15) is 11.8 Å². The zero-order chi connectivity index (χ0) is 14.3. The minimum Gasteiger partial charge on any atom is -0.396 e. The number of hydrogen-bond acceptors (Lipinski definition) is 3. The smallest absolute Gasteiger partial charge is 0.0464 e. The topological polar surface area (TPSA) is 32.3 Å². The molecule has 0 saturated carbocycles. The summed E-state index contributed by atoms with van der Waals surface area (Å²) in [4.78, 5) is 0. The average Bonchev–Trinajstić information content (AvgIpc) is 2.43. The van der Waals surface area contributed by atoms with Gasteiger partial charge >= 0.3 is 0 Å². The fraction of sp³-hybridized carbons (Fsp3) is 0.625. The lowest BCUT2D eigenvalue weighted by molar-refractivity contribution is 0.250. The fourth-order valence-corrected chi connectivity index (χ4v) is 3.71. The van der Waals surface area contributed by atoms with Crippen LogP contribution in [0.4, 0.5) is 0 Å². The molecule has 0 spiro atoms. The Hall–Kier alpha value is -0.510. The van der Waals surface area contributed by atoms with E-state index in [2.05, 4.69) is 56.4 Å². The van der Waals surface area contributed by atoms with Gasteiger partial charge in [0.1, 0.15) is 0 Å². The Kier molecular flexibility index (Phi) is 7.51. The monoisotopic (exact) mass is 281 g/mol. The summed E-state index contributed by atoms with van der Waals surface area (Å²) in [7, 11) is 2.03. The van der Waals surface area contributed by atoms with E-state index in [1.807, 2.05) is 18.8 Å². The Morgan fingerprint density at radius 1 is 1.16 bits per heavy atom. The van der Waals surface area contributed by atoms with Gasteiger partial charge in [-0.25, -0.2) is 0 Å². The predicted octanol–water partition coefficient (Wildman–Crippen LogP) is 3.33. The second-order valence-corrected chi connectivity index (χ2v) is 6.72. The Morgan fingerprint density at radius 2 is 1.79 bits per heavy atom. The van der Waals surface area contributed by atoms with Gasteiger partial charge in [0, 0.05) is 17.9 Å². The first-order valence-corrected chi connectivity index (χ1v) is 8.09. The van der Waals surface area contributed by atoms with Gasteiger partial charge in [0.15, 0.2) is 0 Å². The number of rotatable bonds is 8. The van der Waals surface area contributed by atoms with Gasteiger partial charge in [-0.3, -0.25) is 0 Å². The first kappa shape index (κ1) is 16.5. The van der Waals surface area contributed by atoms with Crippen molar-refractivity contribution >= 4 is 11.8 Å². The van der Waals surface area contributed by atoms with Gasteiger partial charge in [0.05, 0.1) is 0 Å². The van der Waals surface area contributed by atoms with Crippen LogP contribution in [0.5, 0.6) is 0 Å². The molecule has 0 bridgehead atoms. The Balaban J connectivity index is 2.78. The molecule has 0 aliphatic carbocycles. The summed E-state index contributed by atoms with van der Waals surface area (Å²) >= 11 is 1.97. The highest BCUT2D eigenvalue weighted by atomic mass is 32.2. The number of benzene rings is 1. The van der Waals surface area contributed by atoms with Crippen molar-refractivity contribution in [2.75, 3.05) is 19.4 Å². The molecule has 19 heavy (non-hydrogen) atoms. The number of thioether (sulfide) groups is 1. The number of aliphatic hydroxyl groups excluding tert-OH is 1. The third kappa shape index (κ3) is 5.17. The van der Waals surface area contributed by atoms with E-state index in [0.717, 1.165) is 5.75 Å². The minimum atomic E-state index is 0.271. The third-order valence-corrected chi connectivity index (χ3v) is 5.30. The standard InChI is InChI=1S/C16H27NOS/c1-12(2)16(19-11-13(3)10-18)15(17-4)14-8-6-5-7-9-14/h5-9,12-13,15-18H,10-11H2,1-4H3. The number of aliphatic hydroxyl groups is 1. The Labute approximate surface area is 122 Å². The van der Waals surface area contributed by atoms with Gasteiger partial charge in [0.2, 0.25) is 0 Å². The summed E-state index contributed by atoms with van der Waals surface area (Å²) in [6.45, 7) is 6.91. The van der Waals surface area contributed by atoms with Crippen LogP contribution in [0, 0.1) is 11.8 Å². The zero-order valence-corrected chi connectivity index (χ0v) is 13.3. The second kappa shape index (κ2) is 8.62.